The van der Waals surface area contributed by atoms with E-state index < -0.39 is 41.5 Å². The molecular weight excluding hydrogens is 400 g/mol. The molecule has 1 unspecified atom stereocenters. The first-order chi connectivity index (χ1) is 14.3. The maximum absolute atomic E-state index is 13.1. The van der Waals surface area contributed by atoms with Crippen LogP contribution < -0.4 is 10.2 Å². The van der Waals surface area contributed by atoms with Crippen molar-refractivity contribution in [3.63, 3.8) is 0 Å². The molecule has 0 spiro atoms. The summed E-state index contributed by atoms with van der Waals surface area (Å²) < 4.78 is 16.4. The zero-order valence-electron chi connectivity index (χ0n) is 15.3. The van der Waals surface area contributed by atoms with Crippen LogP contribution in [-0.4, -0.2) is 61.8 Å². The van der Waals surface area contributed by atoms with Gasteiger partial charge in [-0.25, -0.2) is 0 Å². The van der Waals surface area contributed by atoms with E-state index in [1.165, 1.54) is 24.3 Å². The van der Waals surface area contributed by atoms with Gasteiger partial charge in [0.2, 0.25) is 17.5 Å². The highest BCUT2D eigenvalue weighted by molar-refractivity contribution is 5.88. The molecule has 1 aliphatic heterocycles. The van der Waals surface area contributed by atoms with Crippen molar-refractivity contribution >= 4 is 11.0 Å². The predicted octanol–water partition coefficient (Wildman–Crippen LogP) is 0.395. The fourth-order valence-electron chi connectivity index (χ4n) is 3.18. The molecule has 2 aromatic carbocycles. The molecule has 0 saturated carbocycles. The highest BCUT2D eigenvalue weighted by Gasteiger charge is 2.40. The first kappa shape index (κ1) is 20.0. The Balaban J connectivity index is 1.90. The first-order valence-corrected chi connectivity index (χ1v) is 8.91. The van der Waals surface area contributed by atoms with E-state index in [1.807, 2.05) is 0 Å². The summed E-state index contributed by atoms with van der Waals surface area (Å²) in [6.45, 7) is -0.352. The molecule has 0 bridgehead atoms. The summed E-state index contributed by atoms with van der Waals surface area (Å²) >= 11 is 0. The maximum atomic E-state index is 13.1. The molecule has 1 fully saturated rings. The van der Waals surface area contributed by atoms with E-state index in [2.05, 4.69) is 0 Å². The average molecular weight is 418 g/mol. The van der Waals surface area contributed by atoms with Gasteiger partial charge in [-0.2, -0.15) is 0 Å². The van der Waals surface area contributed by atoms with Crippen LogP contribution in [0, 0.1) is 0 Å². The Labute approximate surface area is 168 Å². The number of hydrogen-bond donors (Lipinski definition) is 6. The van der Waals surface area contributed by atoms with Crippen LogP contribution in [0.1, 0.15) is 0 Å². The van der Waals surface area contributed by atoms with Crippen LogP contribution >= 0.6 is 0 Å². The average Bonchev–Trinajstić information content (AvgIpc) is 2.70. The van der Waals surface area contributed by atoms with Crippen molar-refractivity contribution in [3.8, 4) is 34.3 Å². The van der Waals surface area contributed by atoms with Crippen LogP contribution in [-0.2, 0) is 4.74 Å². The lowest BCUT2D eigenvalue weighted by atomic mass is 10.1. The molecule has 4 rings (SSSR count). The van der Waals surface area contributed by atoms with E-state index in [0.29, 0.717) is 5.56 Å². The van der Waals surface area contributed by atoms with Crippen molar-refractivity contribution in [1.29, 1.82) is 0 Å². The highest BCUT2D eigenvalue weighted by Crippen LogP contribution is 2.37. The number of phenolic OH excluding ortho intramolecular Hbond substituents is 3. The lowest BCUT2D eigenvalue weighted by Crippen LogP contribution is -2.55. The van der Waals surface area contributed by atoms with E-state index >= 15 is 0 Å². The second kappa shape index (κ2) is 7.50. The molecule has 1 saturated heterocycles. The van der Waals surface area contributed by atoms with Gasteiger partial charge in [-0.15, -0.1) is 0 Å². The van der Waals surface area contributed by atoms with Crippen molar-refractivity contribution in [2.75, 3.05) is 6.61 Å². The summed E-state index contributed by atoms with van der Waals surface area (Å²) in [7, 11) is 0. The molecule has 4 atom stereocenters. The third-order valence-electron chi connectivity index (χ3n) is 4.74. The van der Waals surface area contributed by atoms with Gasteiger partial charge >= 0.3 is 0 Å². The van der Waals surface area contributed by atoms with Gasteiger partial charge in [-0.3, -0.25) is 4.79 Å². The predicted molar refractivity (Wildman–Crippen MR) is 101 cm³/mol. The minimum absolute atomic E-state index is 0.0391. The fourth-order valence-corrected chi connectivity index (χ4v) is 3.18. The van der Waals surface area contributed by atoms with Crippen LogP contribution in [0.2, 0.25) is 0 Å². The molecule has 10 heteroatoms. The van der Waals surface area contributed by atoms with Crippen LogP contribution in [0.25, 0.3) is 22.3 Å². The number of aromatic hydroxyl groups is 3. The number of rotatable bonds is 3. The zero-order valence-corrected chi connectivity index (χ0v) is 15.3. The first-order valence-electron chi connectivity index (χ1n) is 8.91. The van der Waals surface area contributed by atoms with Gasteiger partial charge < -0.3 is 44.5 Å². The Kier molecular flexibility index (Phi) is 5.00. The molecule has 3 aromatic rings. The Hall–Kier alpha value is -3.31. The van der Waals surface area contributed by atoms with Crippen LogP contribution in [0.15, 0.2) is 45.6 Å². The van der Waals surface area contributed by atoms with Crippen molar-refractivity contribution in [2.24, 2.45) is 0 Å². The Morgan fingerprint density at radius 1 is 0.933 bits per heavy atom. The quantitative estimate of drug-likeness (QED) is 0.350. The topological polar surface area (TPSA) is 170 Å². The molecular formula is C20H18O10. The smallest absolute Gasteiger partial charge is 0.239 e. The molecule has 10 nitrogen and oxygen atoms in total. The third-order valence-corrected chi connectivity index (χ3v) is 4.74. The van der Waals surface area contributed by atoms with Gasteiger partial charge in [0.1, 0.15) is 46.5 Å². The molecule has 30 heavy (non-hydrogen) atoms. The summed E-state index contributed by atoms with van der Waals surface area (Å²) in [5.74, 6) is -1.50. The van der Waals surface area contributed by atoms with E-state index in [-0.39, 0.29) is 34.8 Å². The monoisotopic (exact) mass is 418 g/mol. The number of ether oxygens (including phenoxy) is 2. The maximum Gasteiger partial charge on any atom is 0.239 e. The molecule has 0 radical (unpaired) electrons. The largest absolute Gasteiger partial charge is 0.508 e. The van der Waals surface area contributed by atoms with Crippen molar-refractivity contribution in [3.05, 3.63) is 46.6 Å². The lowest BCUT2D eigenvalue weighted by molar-refractivity contribution is -0.242. The third kappa shape index (κ3) is 3.42. The molecule has 1 aromatic heterocycles. The minimum Gasteiger partial charge on any atom is -0.508 e. The molecule has 0 aliphatic carbocycles. The van der Waals surface area contributed by atoms with E-state index in [4.69, 9.17) is 13.9 Å². The molecule has 6 N–H and O–H groups in total. The number of benzene rings is 2. The highest BCUT2D eigenvalue weighted by atomic mass is 16.7. The SMILES string of the molecule is O=c1c(OC2OC[C@H](O)[C@H](O)[C@H]2O)c(-c2ccc(O)cc2)oc2cc(O)cc(O)c12. The number of aliphatic hydroxyl groups excluding tert-OH is 3. The van der Waals surface area contributed by atoms with Crippen molar-refractivity contribution in [1.82, 2.24) is 0 Å². The number of aliphatic hydroxyl groups is 3. The van der Waals surface area contributed by atoms with Crippen molar-refractivity contribution < 1.29 is 44.5 Å². The number of phenols is 3. The fraction of sp³-hybridized carbons (Fsp3) is 0.250. The Bertz CT molecular complexity index is 1140. The minimum atomic E-state index is -1.68. The van der Waals surface area contributed by atoms with Gasteiger partial charge in [-0.05, 0) is 24.3 Å². The Morgan fingerprint density at radius 3 is 2.33 bits per heavy atom. The second-order valence-corrected chi connectivity index (χ2v) is 6.84. The molecule has 1 aliphatic rings. The van der Waals surface area contributed by atoms with E-state index in [1.54, 1.807) is 0 Å². The van der Waals surface area contributed by atoms with Crippen molar-refractivity contribution in [2.45, 2.75) is 24.6 Å². The summed E-state index contributed by atoms with van der Waals surface area (Å²) in [6.07, 6.45) is -6.10. The van der Waals surface area contributed by atoms with Gasteiger partial charge in [0.15, 0.2) is 5.76 Å². The lowest BCUT2D eigenvalue weighted by Gasteiger charge is -2.34. The molecule has 2 heterocycles. The van der Waals surface area contributed by atoms with Crippen LogP contribution in [0.3, 0.4) is 0 Å². The molecule has 158 valence electrons. The van der Waals surface area contributed by atoms with Crippen LogP contribution in [0.4, 0.5) is 0 Å². The van der Waals surface area contributed by atoms with Crippen LogP contribution in [0.5, 0.6) is 23.0 Å². The molecule has 0 amide bonds. The van der Waals surface area contributed by atoms with E-state index in [9.17, 15) is 35.4 Å². The summed E-state index contributed by atoms with van der Waals surface area (Å²) in [6, 6.07) is 7.65. The van der Waals surface area contributed by atoms with Gasteiger partial charge in [-0.1, -0.05) is 0 Å². The number of hydrogen-bond acceptors (Lipinski definition) is 10. The second-order valence-electron chi connectivity index (χ2n) is 6.84. The number of fused-ring (bicyclic) bond motifs is 1. The Morgan fingerprint density at radius 2 is 1.63 bits per heavy atom. The van der Waals surface area contributed by atoms with Gasteiger partial charge in [0.05, 0.1) is 6.61 Å². The van der Waals surface area contributed by atoms with Gasteiger partial charge in [0, 0.05) is 17.7 Å². The normalized spacial score (nSPS) is 24.1. The standard InChI is InChI=1S/C20H18O10/c21-9-3-1-8(2-4-9)18-19(30-20-17(27)15(25)12(24)7-28-20)16(26)14-11(23)5-10(22)6-13(14)29-18/h1-6,12,15,17,20-25,27H,7H2/t12-,15-,17+,20?/m0/s1. The van der Waals surface area contributed by atoms with Gasteiger partial charge in [0.25, 0.3) is 0 Å². The summed E-state index contributed by atoms with van der Waals surface area (Å²) in [4.78, 5) is 13.1. The summed E-state index contributed by atoms with van der Waals surface area (Å²) in [5.41, 5.74) is -0.655. The summed E-state index contributed by atoms with van der Waals surface area (Å²) in [5, 5.41) is 58.7. The van der Waals surface area contributed by atoms with E-state index in [0.717, 1.165) is 12.1 Å². The zero-order chi connectivity index (χ0) is 21.6.